The van der Waals surface area contributed by atoms with Crippen LogP contribution in [-0.4, -0.2) is 39.3 Å². The number of fused-ring (bicyclic) bond motifs is 2. The molecule has 1 unspecified atom stereocenters. The van der Waals surface area contributed by atoms with Crippen LogP contribution in [0.3, 0.4) is 0 Å². The van der Waals surface area contributed by atoms with Crippen LogP contribution in [0.1, 0.15) is 24.0 Å². The number of hydroxylamine groups is 1. The summed E-state index contributed by atoms with van der Waals surface area (Å²) in [6.45, 7) is 1.63. The van der Waals surface area contributed by atoms with E-state index in [2.05, 4.69) is 48.7 Å². The quantitative estimate of drug-likeness (QED) is 0.571. The molecular formula is C22H26N2O3. The van der Waals surface area contributed by atoms with Crippen LogP contribution in [0.2, 0.25) is 0 Å². The lowest BCUT2D eigenvalue weighted by Crippen LogP contribution is -2.25. The molecule has 0 radical (unpaired) electrons. The number of rotatable bonds is 8. The molecular weight excluding hydrogens is 340 g/mol. The third kappa shape index (κ3) is 3.29. The molecule has 2 aromatic carbocycles. The summed E-state index contributed by atoms with van der Waals surface area (Å²) in [6, 6.07) is 16.3. The van der Waals surface area contributed by atoms with Gasteiger partial charge in [0.2, 0.25) is 0 Å². The lowest BCUT2D eigenvalue weighted by Gasteiger charge is -2.27. The molecule has 5 nitrogen and oxygen atoms in total. The van der Waals surface area contributed by atoms with Crippen LogP contribution < -0.4 is 15.0 Å². The van der Waals surface area contributed by atoms with E-state index >= 15 is 0 Å². The summed E-state index contributed by atoms with van der Waals surface area (Å²) in [7, 11) is 5.81. The van der Waals surface area contributed by atoms with Crippen molar-refractivity contribution in [2.45, 2.75) is 18.4 Å². The molecule has 1 atom stereocenters. The maximum atomic E-state index is 6.47. The highest BCUT2D eigenvalue weighted by molar-refractivity contribution is 5.83. The van der Waals surface area contributed by atoms with Crippen molar-refractivity contribution in [3.63, 3.8) is 0 Å². The van der Waals surface area contributed by atoms with Gasteiger partial charge in [-0.05, 0) is 39.2 Å². The summed E-state index contributed by atoms with van der Waals surface area (Å²) in [6.07, 6.45) is 1.81. The predicted molar refractivity (Wildman–Crippen MR) is 106 cm³/mol. The van der Waals surface area contributed by atoms with Crippen LogP contribution in [-0.2, 0) is 10.4 Å². The van der Waals surface area contributed by atoms with Crippen LogP contribution in [0.25, 0.3) is 5.70 Å². The van der Waals surface area contributed by atoms with Gasteiger partial charge in [0.15, 0.2) is 5.60 Å². The van der Waals surface area contributed by atoms with Crippen molar-refractivity contribution >= 4 is 5.70 Å². The Morgan fingerprint density at radius 1 is 1.11 bits per heavy atom. The third-order valence-electron chi connectivity index (χ3n) is 5.10. The largest absolute Gasteiger partial charge is 0.496 e. The SMILES string of the molecule is COc1cccc2c1C(NOCCCN(C)C)=C1CC1(c1ccccc1)O2. The third-order valence-corrected chi connectivity index (χ3v) is 5.10. The number of hydrogen-bond donors (Lipinski definition) is 1. The van der Waals surface area contributed by atoms with Crippen LogP contribution in [0, 0.1) is 0 Å². The van der Waals surface area contributed by atoms with E-state index < -0.39 is 5.60 Å². The molecule has 0 saturated heterocycles. The number of benzene rings is 2. The highest BCUT2D eigenvalue weighted by Gasteiger charge is 2.58. The minimum Gasteiger partial charge on any atom is -0.496 e. The first-order chi connectivity index (χ1) is 13.2. The highest BCUT2D eigenvalue weighted by atomic mass is 16.6. The van der Waals surface area contributed by atoms with Crippen LogP contribution >= 0.6 is 0 Å². The van der Waals surface area contributed by atoms with Gasteiger partial charge in [-0.2, -0.15) is 0 Å². The fourth-order valence-corrected chi connectivity index (χ4v) is 3.68. The fourth-order valence-electron chi connectivity index (χ4n) is 3.68. The van der Waals surface area contributed by atoms with Crippen molar-refractivity contribution in [3.05, 3.63) is 65.2 Å². The number of nitrogens with one attached hydrogen (secondary N) is 1. The van der Waals surface area contributed by atoms with Crippen molar-refractivity contribution in [1.29, 1.82) is 0 Å². The second-order valence-corrected chi connectivity index (χ2v) is 7.27. The molecule has 1 aliphatic heterocycles. The lowest BCUT2D eigenvalue weighted by molar-refractivity contribution is 0.0706. The summed E-state index contributed by atoms with van der Waals surface area (Å²) >= 11 is 0. The molecule has 2 aliphatic rings. The Balaban J connectivity index is 1.64. The first-order valence-corrected chi connectivity index (χ1v) is 9.34. The van der Waals surface area contributed by atoms with Gasteiger partial charge in [0.05, 0.1) is 25.0 Å². The molecule has 27 heavy (non-hydrogen) atoms. The normalized spacial score (nSPS) is 20.0. The maximum Gasteiger partial charge on any atom is 0.162 e. The fraction of sp³-hybridized carbons (Fsp3) is 0.364. The predicted octanol–water partition coefficient (Wildman–Crippen LogP) is 3.57. The zero-order chi connectivity index (χ0) is 18.9. The van der Waals surface area contributed by atoms with E-state index in [9.17, 15) is 0 Å². The molecule has 1 aliphatic carbocycles. The highest BCUT2D eigenvalue weighted by Crippen LogP contribution is 2.62. The smallest absolute Gasteiger partial charge is 0.162 e. The van der Waals surface area contributed by atoms with Gasteiger partial charge in [0, 0.05) is 17.6 Å². The Hall–Kier alpha value is -2.50. The second kappa shape index (κ2) is 7.25. The molecule has 0 amide bonds. The van der Waals surface area contributed by atoms with Crippen LogP contribution in [0.4, 0.5) is 0 Å². The van der Waals surface area contributed by atoms with E-state index in [0.29, 0.717) is 6.61 Å². The summed E-state index contributed by atoms with van der Waals surface area (Å²) in [5.41, 5.74) is 7.11. The van der Waals surface area contributed by atoms with Crippen molar-refractivity contribution in [2.24, 2.45) is 0 Å². The number of hydrogen-bond acceptors (Lipinski definition) is 5. The van der Waals surface area contributed by atoms with E-state index in [1.807, 2.05) is 24.3 Å². The topological polar surface area (TPSA) is 43.0 Å². The Bertz CT molecular complexity index is 848. The first-order valence-electron chi connectivity index (χ1n) is 9.34. The van der Waals surface area contributed by atoms with Gasteiger partial charge in [-0.1, -0.05) is 36.4 Å². The van der Waals surface area contributed by atoms with Crippen molar-refractivity contribution in [1.82, 2.24) is 10.4 Å². The van der Waals surface area contributed by atoms with Gasteiger partial charge in [-0.3, -0.25) is 10.3 Å². The molecule has 0 aromatic heterocycles. The van der Waals surface area contributed by atoms with Gasteiger partial charge in [-0.15, -0.1) is 0 Å². The van der Waals surface area contributed by atoms with Crippen LogP contribution in [0.5, 0.6) is 11.5 Å². The minimum atomic E-state index is -0.393. The summed E-state index contributed by atoms with van der Waals surface area (Å²) in [5.74, 6) is 1.60. The van der Waals surface area contributed by atoms with E-state index in [-0.39, 0.29) is 0 Å². The van der Waals surface area contributed by atoms with Gasteiger partial charge >= 0.3 is 0 Å². The second-order valence-electron chi connectivity index (χ2n) is 7.27. The van der Waals surface area contributed by atoms with Crippen molar-refractivity contribution < 1.29 is 14.3 Å². The Morgan fingerprint density at radius 3 is 2.67 bits per heavy atom. The van der Waals surface area contributed by atoms with Crippen LogP contribution in [0.15, 0.2) is 54.1 Å². The minimum absolute atomic E-state index is 0.393. The van der Waals surface area contributed by atoms with Crippen molar-refractivity contribution in [3.8, 4) is 11.5 Å². The Morgan fingerprint density at radius 2 is 1.93 bits per heavy atom. The van der Waals surface area contributed by atoms with Gasteiger partial charge in [0.25, 0.3) is 0 Å². The Kier molecular flexibility index (Phi) is 4.81. The molecule has 1 fully saturated rings. The van der Waals surface area contributed by atoms with Gasteiger partial charge in [-0.25, -0.2) is 0 Å². The summed E-state index contributed by atoms with van der Waals surface area (Å²) in [4.78, 5) is 7.96. The monoisotopic (exact) mass is 366 g/mol. The lowest BCUT2D eigenvalue weighted by atomic mass is 10.0. The molecule has 2 aromatic rings. The standard InChI is InChI=1S/C22H26N2O3/c1-24(2)13-8-14-26-23-21-17-15-22(17,16-9-5-4-6-10-16)27-19-12-7-11-18(25-3)20(19)21/h4-7,9-12,23H,8,13-15H2,1-3H3. The molecule has 5 heteroatoms. The number of nitrogens with zero attached hydrogens (tertiary/aromatic N) is 1. The maximum absolute atomic E-state index is 6.47. The first kappa shape index (κ1) is 17.9. The number of ether oxygens (including phenoxy) is 2. The Labute approximate surface area is 160 Å². The zero-order valence-electron chi connectivity index (χ0n) is 16.1. The van der Waals surface area contributed by atoms with E-state index in [4.69, 9.17) is 14.3 Å². The summed E-state index contributed by atoms with van der Waals surface area (Å²) in [5, 5.41) is 0. The van der Waals surface area contributed by atoms with Crippen molar-refractivity contribution in [2.75, 3.05) is 34.4 Å². The van der Waals surface area contributed by atoms with E-state index in [0.717, 1.165) is 42.1 Å². The molecule has 1 saturated carbocycles. The van der Waals surface area contributed by atoms with E-state index in [1.165, 1.54) is 11.1 Å². The molecule has 1 N–H and O–H groups in total. The molecule has 142 valence electrons. The van der Waals surface area contributed by atoms with Gasteiger partial charge in [0.1, 0.15) is 11.5 Å². The molecule has 0 bridgehead atoms. The molecule has 4 rings (SSSR count). The average Bonchev–Trinajstić information content (AvgIpc) is 3.42. The zero-order valence-corrected chi connectivity index (χ0v) is 16.1. The average molecular weight is 366 g/mol. The molecule has 0 spiro atoms. The summed E-state index contributed by atoms with van der Waals surface area (Å²) < 4.78 is 12.1. The molecule has 1 heterocycles. The van der Waals surface area contributed by atoms with E-state index in [1.54, 1.807) is 7.11 Å². The van der Waals surface area contributed by atoms with Gasteiger partial charge < -0.3 is 14.4 Å². The number of methoxy groups -OCH3 is 1.